The zero-order valence-corrected chi connectivity index (χ0v) is 14.9. The Bertz CT molecular complexity index is 787. The van der Waals surface area contributed by atoms with Crippen molar-refractivity contribution in [3.8, 4) is 0 Å². The van der Waals surface area contributed by atoms with Crippen LogP contribution in [0.1, 0.15) is 32.0 Å². The van der Waals surface area contributed by atoms with Crippen LogP contribution in [-0.2, 0) is 10.5 Å². The number of carbonyl (C=O) groups excluding carboxylic acids is 1. The minimum atomic E-state index is -0.00643. The molecule has 2 heterocycles. The summed E-state index contributed by atoms with van der Waals surface area (Å²) in [6.07, 6.45) is 2.04. The molecule has 4 heteroatoms. The summed E-state index contributed by atoms with van der Waals surface area (Å²) in [5.41, 5.74) is 5.97. The molecule has 22 heavy (non-hydrogen) atoms. The molecule has 0 saturated heterocycles. The molecule has 1 aliphatic heterocycles. The van der Waals surface area contributed by atoms with Crippen molar-refractivity contribution in [2.45, 2.75) is 33.4 Å². The van der Waals surface area contributed by atoms with Gasteiger partial charge in [0, 0.05) is 21.2 Å². The maximum atomic E-state index is 12.5. The van der Waals surface area contributed by atoms with Crippen LogP contribution in [-0.4, -0.2) is 5.91 Å². The number of hydrogen-bond acceptors (Lipinski definition) is 3. The largest absolute Gasteiger partial charge is 0.321 e. The number of thioether (sulfide) groups is 1. The lowest BCUT2D eigenvalue weighted by atomic mass is 10.1. The molecule has 0 atom stereocenters. The van der Waals surface area contributed by atoms with E-state index in [0.717, 1.165) is 21.9 Å². The highest BCUT2D eigenvalue weighted by Crippen LogP contribution is 2.39. The predicted octanol–water partition coefficient (Wildman–Crippen LogP) is 5.21. The van der Waals surface area contributed by atoms with E-state index in [2.05, 4.69) is 32.2 Å². The number of anilines is 1. The molecule has 114 valence electrons. The number of fused-ring (bicyclic) bond motifs is 1. The third kappa shape index (κ3) is 2.73. The van der Waals surface area contributed by atoms with Crippen molar-refractivity contribution in [1.29, 1.82) is 0 Å². The highest BCUT2D eigenvalue weighted by Gasteiger charge is 2.21. The summed E-state index contributed by atoms with van der Waals surface area (Å²) in [7, 11) is 0. The minimum Gasteiger partial charge on any atom is -0.321 e. The molecule has 2 aromatic rings. The molecule has 0 spiro atoms. The van der Waals surface area contributed by atoms with Crippen LogP contribution in [0, 0.1) is 27.7 Å². The number of aryl methyl sites for hydroxylation is 2. The van der Waals surface area contributed by atoms with Crippen molar-refractivity contribution in [2.24, 2.45) is 0 Å². The maximum absolute atomic E-state index is 12.5. The number of amides is 1. The standard InChI is InChI=1S/C18H19NOS2/c1-10-6-5-7-15(11(10)2)19-18(20)17-8-16-14(9-21-17)12(3)13(4)22-16/h5-8H,9H2,1-4H3,(H,19,20). The van der Waals surface area contributed by atoms with E-state index >= 15 is 0 Å². The lowest BCUT2D eigenvalue weighted by Gasteiger charge is -2.15. The normalized spacial score (nSPS) is 13.5. The molecule has 1 amide bonds. The smallest absolute Gasteiger partial charge is 0.262 e. The van der Waals surface area contributed by atoms with E-state index in [1.54, 1.807) is 23.1 Å². The average molecular weight is 329 g/mol. The molecule has 0 saturated carbocycles. The second-order valence-corrected chi connectivity index (χ2v) is 7.90. The van der Waals surface area contributed by atoms with Crippen LogP contribution in [0.5, 0.6) is 0 Å². The molecule has 1 aromatic heterocycles. The van der Waals surface area contributed by atoms with Gasteiger partial charge in [-0.25, -0.2) is 0 Å². The van der Waals surface area contributed by atoms with Crippen LogP contribution >= 0.6 is 23.1 Å². The van der Waals surface area contributed by atoms with Gasteiger partial charge >= 0.3 is 0 Å². The van der Waals surface area contributed by atoms with Crippen LogP contribution in [0.25, 0.3) is 6.08 Å². The number of benzene rings is 1. The monoisotopic (exact) mass is 329 g/mol. The molecule has 0 aliphatic carbocycles. The van der Waals surface area contributed by atoms with E-state index in [1.165, 1.54) is 26.4 Å². The zero-order valence-electron chi connectivity index (χ0n) is 13.2. The summed E-state index contributed by atoms with van der Waals surface area (Å²) in [4.78, 5) is 15.9. The first-order valence-corrected chi connectivity index (χ1v) is 9.08. The Kier molecular flexibility index (Phi) is 4.15. The number of hydrogen-bond donors (Lipinski definition) is 1. The second-order valence-electron chi connectivity index (χ2n) is 5.62. The topological polar surface area (TPSA) is 29.1 Å². The molecule has 0 radical (unpaired) electrons. The second kappa shape index (κ2) is 5.94. The Morgan fingerprint density at radius 3 is 2.68 bits per heavy atom. The lowest BCUT2D eigenvalue weighted by molar-refractivity contribution is -0.112. The Hall–Kier alpha value is -1.52. The van der Waals surface area contributed by atoms with Gasteiger partial charge in [0.25, 0.3) is 5.91 Å². The van der Waals surface area contributed by atoms with Crippen LogP contribution in [0.3, 0.4) is 0 Å². The molecule has 1 N–H and O–H groups in total. The molecule has 0 unspecified atom stereocenters. The molecule has 1 aromatic carbocycles. The highest BCUT2D eigenvalue weighted by molar-refractivity contribution is 8.03. The van der Waals surface area contributed by atoms with Gasteiger partial charge in [0.15, 0.2) is 0 Å². The lowest BCUT2D eigenvalue weighted by Crippen LogP contribution is -2.15. The summed E-state index contributed by atoms with van der Waals surface area (Å²) in [5, 5.41) is 3.05. The third-order valence-corrected chi connectivity index (χ3v) is 6.50. The molecule has 0 fully saturated rings. The van der Waals surface area contributed by atoms with Gasteiger partial charge in [0.2, 0.25) is 0 Å². The van der Waals surface area contributed by atoms with E-state index in [4.69, 9.17) is 0 Å². The van der Waals surface area contributed by atoms with Crippen LogP contribution in [0.15, 0.2) is 23.1 Å². The van der Waals surface area contributed by atoms with Gasteiger partial charge in [-0.3, -0.25) is 4.79 Å². The first kappa shape index (κ1) is 15.4. The quantitative estimate of drug-likeness (QED) is 0.819. The van der Waals surface area contributed by atoms with Gasteiger partial charge in [0.1, 0.15) is 0 Å². The van der Waals surface area contributed by atoms with Crippen molar-refractivity contribution in [2.75, 3.05) is 5.32 Å². The number of rotatable bonds is 2. The summed E-state index contributed by atoms with van der Waals surface area (Å²) < 4.78 is 0. The van der Waals surface area contributed by atoms with E-state index in [1.807, 2.05) is 25.1 Å². The van der Waals surface area contributed by atoms with Crippen LogP contribution in [0.2, 0.25) is 0 Å². The first-order valence-electron chi connectivity index (χ1n) is 7.28. The van der Waals surface area contributed by atoms with Gasteiger partial charge in [-0.2, -0.15) is 0 Å². The average Bonchev–Trinajstić information content (AvgIpc) is 2.78. The van der Waals surface area contributed by atoms with E-state index in [-0.39, 0.29) is 5.91 Å². The fourth-order valence-electron chi connectivity index (χ4n) is 2.51. The molecule has 2 nitrogen and oxygen atoms in total. The summed E-state index contributed by atoms with van der Waals surface area (Å²) in [5.74, 6) is 0.880. The van der Waals surface area contributed by atoms with Gasteiger partial charge in [0.05, 0.1) is 4.91 Å². The minimum absolute atomic E-state index is 0.00643. The molecule has 3 rings (SSSR count). The van der Waals surface area contributed by atoms with Crippen molar-refractivity contribution in [3.05, 3.63) is 55.1 Å². The number of nitrogens with one attached hydrogen (secondary N) is 1. The van der Waals surface area contributed by atoms with Gasteiger partial charge < -0.3 is 5.32 Å². The van der Waals surface area contributed by atoms with Crippen LogP contribution in [0.4, 0.5) is 5.69 Å². The zero-order chi connectivity index (χ0) is 15.9. The van der Waals surface area contributed by atoms with Crippen molar-refractivity contribution >= 4 is 40.8 Å². The fraction of sp³-hybridized carbons (Fsp3) is 0.278. The molecular weight excluding hydrogens is 310 g/mol. The Labute approximate surface area is 139 Å². The first-order chi connectivity index (χ1) is 10.5. The van der Waals surface area contributed by atoms with E-state index in [9.17, 15) is 4.79 Å². The summed E-state index contributed by atoms with van der Waals surface area (Å²) >= 11 is 3.41. The van der Waals surface area contributed by atoms with Crippen molar-refractivity contribution in [3.63, 3.8) is 0 Å². The number of carbonyl (C=O) groups is 1. The molecular formula is C18H19NOS2. The molecule has 1 aliphatic rings. The Balaban J connectivity index is 1.86. The molecule has 0 bridgehead atoms. The van der Waals surface area contributed by atoms with Gasteiger partial charge in [-0.05, 0) is 62.1 Å². The van der Waals surface area contributed by atoms with Gasteiger partial charge in [-0.1, -0.05) is 12.1 Å². The maximum Gasteiger partial charge on any atom is 0.262 e. The van der Waals surface area contributed by atoms with E-state index in [0.29, 0.717) is 0 Å². The van der Waals surface area contributed by atoms with Gasteiger partial charge in [-0.15, -0.1) is 23.1 Å². The summed E-state index contributed by atoms with van der Waals surface area (Å²) in [6, 6.07) is 5.99. The highest BCUT2D eigenvalue weighted by atomic mass is 32.2. The van der Waals surface area contributed by atoms with E-state index < -0.39 is 0 Å². The third-order valence-electron chi connectivity index (χ3n) is 4.25. The van der Waals surface area contributed by atoms with Crippen molar-refractivity contribution < 1.29 is 4.79 Å². The van der Waals surface area contributed by atoms with Crippen molar-refractivity contribution in [1.82, 2.24) is 0 Å². The SMILES string of the molecule is Cc1cccc(NC(=O)C2=Cc3sc(C)c(C)c3CS2)c1C. The summed E-state index contributed by atoms with van der Waals surface area (Å²) in [6.45, 7) is 8.41. The predicted molar refractivity (Wildman–Crippen MR) is 97.6 cm³/mol. The number of thiophene rings is 1. The fourth-order valence-corrected chi connectivity index (χ4v) is 4.86. The Morgan fingerprint density at radius 2 is 1.91 bits per heavy atom. The van der Waals surface area contributed by atoms with Crippen LogP contribution < -0.4 is 5.32 Å². The Morgan fingerprint density at radius 1 is 1.14 bits per heavy atom.